The summed E-state index contributed by atoms with van der Waals surface area (Å²) in [5.41, 5.74) is 5.47. The van der Waals surface area contributed by atoms with Crippen LogP contribution in [0.5, 0.6) is 0 Å². The Bertz CT molecular complexity index is 792. The molecular weight excluding hydrogens is 406 g/mol. The summed E-state index contributed by atoms with van der Waals surface area (Å²) in [6, 6.07) is 5.99. The van der Waals surface area contributed by atoms with Crippen molar-refractivity contribution in [1.82, 2.24) is 0 Å². The first-order valence-corrected chi connectivity index (χ1v) is 8.46. The third kappa shape index (κ3) is 3.60. The number of hydrogen-bond donors (Lipinski definition) is 2. The van der Waals surface area contributed by atoms with Gasteiger partial charge in [0.25, 0.3) is 10.0 Å². The number of anilines is 2. The van der Waals surface area contributed by atoms with Crippen LogP contribution < -0.4 is 10.5 Å². The number of sulfonamides is 1. The highest BCUT2D eigenvalue weighted by Crippen LogP contribution is 2.35. The Labute approximate surface area is 139 Å². The lowest BCUT2D eigenvalue weighted by Gasteiger charge is -2.13. The third-order valence-corrected chi connectivity index (χ3v) is 4.97. The molecule has 3 N–H and O–H groups in total. The largest absolute Gasteiger partial charge is 0.398 e. The molecule has 4 nitrogen and oxygen atoms in total. The van der Waals surface area contributed by atoms with E-state index in [2.05, 4.69) is 20.7 Å². The standard InChI is InChI=1S/C12H8BrCl2FN2O2S/c13-6-3-8(14)12(9(15)4-6)18-21(19,20)11-5-7(16)1-2-10(11)17/h1-5,18H,17H2. The molecule has 0 aromatic heterocycles. The van der Waals surface area contributed by atoms with E-state index in [1.54, 1.807) is 0 Å². The van der Waals surface area contributed by atoms with Crippen molar-refractivity contribution in [1.29, 1.82) is 0 Å². The summed E-state index contributed by atoms with van der Waals surface area (Å²) in [4.78, 5) is -0.391. The molecule has 0 amide bonds. The van der Waals surface area contributed by atoms with Gasteiger partial charge in [-0.3, -0.25) is 4.72 Å². The van der Waals surface area contributed by atoms with E-state index in [-0.39, 0.29) is 21.4 Å². The number of nitrogens with two attached hydrogens (primary N) is 1. The van der Waals surface area contributed by atoms with Gasteiger partial charge in [0.05, 0.1) is 21.4 Å². The zero-order valence-electron chi connectivity index (χ0n) is 10.2. The molecule has 0 aliphatic heterocycles. The summed E-state index contributed by atoms with van der Waals surface area (Å²) < 4.78 is 40.6. The zero-order valence-corrected chi connectivity index (χ0v) is 14.1. The molecule has 0 atom stereocenters. The maximum Gasteiger partial charge on any atom is 0.264 e. The maximum atomic E-state index is 13.2. The first-order valence-electron chi connectivity index (χ1n) is 5.43. The number of hydrogen-bond acceptors (Lipinski definition) is 3. The molecule has 0 saturated carbocycles. The van der Waals surface area contributed by atoms with E-state index in [0.29, 0.717) is 4.47 Å². The van der Waals surface area contributed by atoms with Crippen LogP contribution in [-0.4, -0.2) is 8.42 Å². The molecule has 2 aromatic rings. The normalized spacial score (nSPS) is 11.4. The topological polar surface area (TPSA) is 72.2 Å². The number of halogens is 4. The van der Waals surface area contributed by atoms with Crippen LogP contribution in [0.3, 0.4) is 0 Å². The Kier molecular flexibility index (Phi) is 4.67. The van der Waals surface area contributed by atoms with E-state index in [9.17, 15) is 12.8 Å². The zero-order chi connectivity index (χ0) is 15.8. The highest BCUT2D eigenvalue weighted by molar-refractivity contribution is 9.10. The van der Waals surface area contributed by atoms with E-state index in [4.69, 9.17) is 28.9 Å². The Morgan fingerprint density at radius 1 is 1.14 bits per heavy atom. The molecule has 0 spiro atoms. The van der Waals surface area contributed by atoms with Crippen LogP contribution in [0, 0.1) is 5.82 Å². The van der Waals surface area contributed by atoms with Gasteiger partial charge >= 0.3 is 0 Å². The summed E-state index contributed by atoms with van der Waals surface area (Å²) in [6.07, 6.45) is 0. The van der Waals surface area contributed by atoms with Gasteiger partial charge in [0.2, 0.25) is 0 Å². The average molecular weight is 414 g/mol. The molecule has 0 heterocycles. The van der Waals surface area contributed by atoms with Gasteiger partial charge in [0.15, 0.2) is 0 Å². The van der Waals surface area contributed by atoms with Crippen LogP contribution >= 0.6 is 39.1 Å². The van der Waals surface area contributed by atoms with Crippen molar-refractivity contribution in [2.75, 3.05) is 10.5 Å². The fourth-order valence-electron chi connectivity index (χ4n) is 1.57. The molecule has 0 aliphatic rings. The van der Waals surface area contributed by atoms with Gasteiger partial charge in [-0.1, -0.05) is 39.1 Å². The van der Waals surface area contributed by atoms with Crippen molar-refractivity contribution in [2.24, 2.45) is 0 Å². The van der Waals surface area contributed by atoms with Gasteiger partial charge < -0.3 is 5.73 Å². The SMILES string of the molecule is Nc1ccc(F)cc1S(=O)(=O)Nc1c(Cl)cc(Br)cc1Cl. The first kappa shape index (κ1) is 16.4. The van der Waals surface area contributed by atoms with Crippen molar-refractivity contribution in [3.63, 3.8) is 0 Å². The molecule has 112 valence electrons. The molecule has 0 fully saturated rings. The minimum atomic E-state index is -4.12. The molecular formula is C12H8BrCl2FN2O2S. The quantitative estimate of drug-likeness (QED) is 0.737. The minimum absolute atomic E-state index is 0.00908. The van der Waals surface area contributed by atoms with E-state index < -0.39 is 20.7 Å². The van der Waals surface area contributed by atoms with Crippen molar-refractivity contribution in [3.05, 3.63) is 50.7 Å². The second kappa shape index (κ2) is 6.00. The van der Waals surface area contributed by atoms with Gasteiger partial charge in [0, 0.05) is 4.47 Å². The Balaban J connectivity index is 2.50. The molecule has 2 rings (SSSR count). The predicted octanol–water partition coefficient (Wildman–Crippen LogP) is 4.28. The minimum Gasteiger partial charge on any atom is -0.398 e. The molecule has 0 saturated heterocycles. The van der Waals surface area contributed by atoms with Gasteiger partial charge in [-0.15, -0.1) is 0 Å². The van der Waals surface area contributed by atoms with Gasteiger partial charge in [0.1, 0.15) is 10.7 Å². The molecule has 0 radical (unpaired) electrons. The highest BCUT2D eigenvalue weighted by Gasteiger charge is 2.21. The molecule has 0 unspecified atom stereocenters. The van der Waals surface area contributed by atoms with Crippen LogP contribution in [-0.2, 0) is 10.0 Å². The summed E-state index contributed by atoms with van der Waals surface area (Å²) in [6.45, 7) is 0. The van der Waals surface area contributed by atoms with Crippen LogP contribution in [0.4, 0.5) is 15.8 Å². The number of rotatable bonds is 3. The molecule has 0 bridgehead atoms. The smallest absolute Gasteiger partial charge is 0.264 e. The summed E-state index contributed by atoms with van der Waals surface area (Å²) in [5.74, 6) is -0.724. The van der Waals surface area contributed by atoms with Crippen molar-refractivity contribution < 1.29 is 12.8 Å². The van der Waals surface area contributed by atoms with Crippen LogP contribution in [0.1, 0.15) is 0 Å². The van der Waals surface area contributed by atoms with Crippen LogP contribution in [0.15, 0.2) is 39.7 Å². The maximum absolute atomic E-state index is 13.2. The van der Waals surface area contributed by atoms with E-state index in [1.807, 2.05) is 0 Å². The van der Waals surface area contributed by atoms with Gasteiger partial charge in [-0.25, -0.2) is 12.8 Å². The lowest BCUT2D eigenvalue weighted by Crippen LogP contribution is -2.15. The number of nitrogen functional groups attached to an aromatic ring is 1. The lowest BCUT2D eigenvalue weighted by atomic mass is 10.3. The lowest BCUT2D eigenvalue weighted by molar-refractivity contribution is 0.596. The summed E-state index contributed by atoms with van der Waals surface area (Å²) in [7, 11) is -4.12. The van der Waals surface area contributed by atoms with E-state index in [1.165, 1.54) is 12.1 Å². The summed E-state index contributed by atoms with van der Waals surface area (Å²) >= 11 is 15.1. The van der Waals surface area contributed by atoms with Crippen molar-refractivity contribution >= 4 is 60.5 Å². The van der Waals surface area contributed by atoms with Crippen molar-refractivity contribution in [3.8, 4) is 0 Å². The second-order valence-corrected chi connectivity index (χ2v) is 7.41. The molecule has 0 aliphatic carbocycles. The van der Waals surface area contributed by atoms with E-state index in [0.717, 1.165) is 18.2 Å². The van der Waals surface area contributed by atoms with Gasteiger partial charge in [-0.2, -0.15) is 0 Å². The van der Waals surface area contributed by atoms with Crippen LogP contribution in [0.25, 0.3) is 0 Å². The summed E-state index contributed by atoms with van der Waals surface area (Å²) in [5, 5.41) is 0.181. The number of benzene rings is 2. The second-order valence-electron chi connectivity index (χ2n) is 4.03. The molecule has 2 aromatic carbocycles. The predicted molar refractivity (Wildman–Crippen MR) is 85.8 cm³/mol. The monoisotopic (exact) mass is 412 g/mol. The average Bonchev–Trinajstić information content (AvgIpc) is 2.36. The Morgan fingerprint density at radius 3 is 2.29 bits per heavy atom. The number of nitrogens with one attached hydrogen (secondary N) is 1. The van der Waals surface area contributed by atoms with Crippen molar-refractivity contribution in [2.45, 2.75) is 4.90 Å². The molecule has 21 heavy (non-hydrogen) atoms. The third-order valence-electron chi connectivity index (χ3n) is 2.51. The molecule has 9 heteroatoms. The van der Waals surface area contributed by atoms with E-state index >= 15 is 0 Å². The fraction of sp³-hybridized carbons (Fsp3) is 0. The first-order chi connectivity index (χ1) is 9.70. The van der Waals surface area contributed by atoms with Crippen LogP contribution in [0.2, 0.25) is 10.0 Å². The highest BCUT2D eigenvalue weighted by atomic mass is 79.9. The Morgan fingerprint density at radius 2 is 1.71 bits per heavy atom. The fourth-order valence-corrected chi connectivity index (χ4v) is 4.23. The van der Waals surface area contributed by atoms with Gasteiger partial charge in [-0.05, 0) is 30.3 Å². The Hall–Kier alpha value is -1.02.